The number of ether oxygens (including phenoxy) is 1. The molecule has 0 bridgehead atoms. The number of aliphatic hydroxyl groups is 1. The van der Waals surface area contributed by atoms with E-state index in [2.05, 4.69) is 35.6 Å². The Balaban J connectivity index is 1.82. The lowest BCUT2D eigenvalue weighted by Gasteiger charge is -2.15. The minimum Gasteiger partial charge on any atom is -0.490 e. The second-order valence-electron chi connectivity index (χ2n) is 5.27. The molecule has 0 amide bonds. The van der Waals surface area contributed by atoms with Gasteiger partial charge in [0, 0.05) is 3.57 Å². The lowest BCUT2D eigenvalue weighted by molar-refractivity contribution is 0.219. The number of rotatable bonds is 4. The van der Waals surface area contributed by atoms with Gasteiger partial charge in [-0.15, -0.1) is 0 Å². The minimum atomic E-state index is -0.586. The maximum atomic E-state index is 10.5. The molecule has 0 spiro atoms. The summed E-state index contributed by atoms with van der Waals surface area (Å²) >= 11 is 2.29. The molecule has 1 fully saturated rings. The zero-order valence-electron chi connectivity index (χ0n) is 11.3. The Hall–Kier alpha value is -1.07. The second kappa shape index (κ2) is 5.74. The van der Waals surface area contributed by atoms with Gasteiger partial charge in [0.2, 0.25) is 0 Å². The van der Waals surface area contributed by atoms with E-state index >= 15 is 0 Å². The average Bonchev–Trinajstić information content (AvgIpc) is 3.26. The SMILES string of the molecule is Cc1cccc(C(O)c2ccc(OC3CC3)cc2)c1I. The molecule has 1 atom stereocenters. The maximum absolute atomic E-state index is 10.5. The van der Waals surface area contributed by atoms with E-state index in [4.69, 9.17) is 4.74 Å². The molecule has 3 rings (SSSR count). The van der Waals surface area contributed by atoms with Crippen molar-refractivity contribution in [3.05, 3.63) is 62.7 Å². The van der Waals surface area contributed by atoms with Crippen LogP contribution in [0.2, 0.25) is 0 Å². The molecule has 20 heavy (non-hydrogen) atoms. The molecule has 1 saturated carbocycles. The fraction of sp³-hybridized carbons (Fsp3) is 0.294. The van der Waals surface area contributed by atoms with Crippen LogP contribution in [0.25, 0.3) is 0 Å². The summed E-state index contributed by atoms with van der Waals surface area (Å²) in [5.74, 6) is 0.891. The molecule has 3 heteroatoms. The predicted octanol–water partition coefficient (Wildman–Crippen LogP) is 4.22. The molecule has 2 aromatic rings. The van der Waals surface area contributed by atoms with Gasteiger partial charge in [-0.3, -0.25) is 0 Å². The van der Waals surface area contributed by atoms with E-state index in [-0.39, 0.29) is 0 Å². The molecule has 1 aliphatic carbocycles. The normalized spacial score (nSPS) is 15.9. The highest BCUT2D eigenvalue weighted by Gasteiger charge is 2.23. The molecular weight excluding hydrogens is 363 g/mol. The van der Waals surface area contributed by atoms with E-state index < -0.39 is 6.10 Å². The van der Waals surface area contributed by atoms with Crippen LogP contribution in [-0.2, 0) is 0 Å². The lowest BCUT2D eigenvalue weighted by atomic mass is 10.00. The summed E-state index contributed by atoms with van der Waals surface area (Å²) in [5, 5.41) is 10.5. The fourth-order valence-electron chi connectivity index (χ4n) is 2.17. The Bertz CT molecular complexity index is 603. The number of halogens is 1. The highest BCUT2D eigenvalue weighted by molar-refractivity contribution is 14.1. The van der Waals surface area contributed by atoms with Crippen molar-refractivity contribution in [2.45, 2.75) is 32.0 Å². The molecule has 0 aromatic heterocycles. The highest BCUT2D eigenvalue weighted by atomic mass is 127. The standard InChI is InChI=1S/C17H17IO2/c1-11-3-2-4-15(16(11)18)17(19)12-5-7-13(8-6-12)20-14-9-10-14/h2-8,14,17,19H,9-10H2,1H3. The Labute approximate surface area is 132 Å². The van der Waals surface area contributed by atoms with Crippen molar-refractivity contribution in [2.75, 3.05) is 0 Å². The molecule has 104 valence electrons. The first-order chi connectivity index (χ1) is 9.65. The van der Waals surface area contributed by atoms with E-state index in [1.54, 1.807) is 0 Å². The van der Waals surface area contributed by atoms with Crippen LogP contribution in [0.1, 0.15) is 35.6 Å². The number of aliphatic hydroxyl groups excluding tert-OH is 1. The summed E-state index contributed by atoms with van der Waals surface area (Å²) < 4.78 is 6.85. The predicted molar refractivity (Wildman–Crippen MR) is 88.0 cm³/mol. The molecule has 2 aromatic carbocycles. The summed E-state index contributed by atoms with van der Waals surface area (Å²) in [6.07, 6.45) is 2.14. The quantitative estimate of drug-likeness (QED) is 0.805. The first-order valence-corrected chi connectivity index (χ1v) is 7.92. The van der Waals surface area contributed by atoms with Crippen LogP contribution < -0.4 is 4.74 Å². The molecule has 0 radical (unpaired) electrons. The smallest absolute Gasteiger partial charge is 0.119 e. The molecular formula is C17H17IO2. The maximum Gasteiger partial charge on any atom is 0.119 e. The third kappa shape index (κ3) is 2.99. The largest absolute Gasteiger partial charge is 0.490 e. The molecule has 1 unspecified atom stereocenters. The van der Waals surface area contributed by atoms with Gasteiger partial charge in [0.25, 0.3) is 0 Å². The summed E-state index contributed by atoms with van der Waals surface area (Å²) in [6, 6.07) is 13.8. The van der Waals surface area contributed by atoms with Gasteiger partial charge in [0.1, 0.15) is 11.9 Å². The summed E-state index contributed by atoms with van der Waals surface area (Å²) in [6.45, 7) is 2.06. The van der Waals surface area contributed by atoms with Gasteiger partial charge < -0.3 is 9.84 Å². The van der Waals surface area contributed by atoms with E-state index in [1.165, 1.54) is 5.56 Å². The van der Waals surface area contributed by atoms with Crippen molar-refractivity contribution in [3.63, 3.8) is 0 Å². The number of hydrogen-bond donors (Lipinski definition) is 1. The summed E-state index contributed by atoms with van der Waals surface area (Å²) in [7, 11) is 0. The Morgan fingerprint density at radius 3 is 2.50 bits per heavy atom. The van der Waals surface area contributed by atoms with Gasteiger partial charge >= 0.3 is 0 Å². The van der Waals surface area contributed by atoms with Gasteiger partial charge in [0.05, 0.1) is 6.10 Å². The topological polar surface area (TPSA) is 29.5 Å². The third-order valence-corrected chi connectivity index (χ3v) is 5.01. The number of hydrogen-bond acceptors (Lipinski definition) is 2. The van der Waals surface area contributed by atoms with Crippen LogP contribution in [0.15, 0.2) is 42.5 Å². The Morgan fingerprint density at radius 1 is 1.15 bits per heavy atom. The molecule has 2 nitrogen and oxygen atoms in total. The van der Waals surface area contributed by atoms with E-state index in [1.807, 2.05) is 36.4 Å². The first kappa shape index (κ1) is 13.9. The van der Waals surface area contributed by atoms with Crippen molar-refractivity contribution < 1.29 is 9.84 Å². The zero-order chi connectivity index (χ0) is 14.1. The summed E-state index contributed by atoms with van der Waals surface area (Å²) in [5.41, 5.74) is 3.05. The highest BCUT2D eigenvalue weighted by Crippen LogP contribution is 2.31. The van der Waals surface area contributed by atoms with Crippen LogP contribution >= 0.6 is 22.6 Å². The molecule has 1 aliphatic rings. The first-order valence-electron chi connectivity index (χ1n) is 6.85. The Morgan fingerprint density at radius 2 is 1.85 bits per heavy atom. The van der Waals surface area contributed by atoms with Gasteiger partial charge in [0.15, 0.2) is 0 Å². The number of aryl methyl sites for hydroxylation is 1. The van der Waals surface area contributed by atoms with Crippen molar-refractivity contribution in [1.29, 1.82) is 0 Å². The monoisotopic (exact) mass is 380 g/mol. The number of benzene rings is 2. The second-order valence-corrected chi connectivity index (χ2v) is 6.35. The van der Waals surface area contributed by atoms with E-state index in [0.717, 1.165) is 33.3 Å². The average molecular weight is 380 g/mol. The van der Waals surface area contributed by atoms with Gasteiger partial charge in [-0.05, 0) is 71.2 Å². The molecule has 0 saturated heterocycles. The van der Waals surface area contributed by atoms with Gasteiger partial charge in [-0.1, -0.05) is 30.3 Å². The van der Waals surface area contributed by atoms with E-state index in [9.17, 15) is 5.11 Å². The minimum absolute atomic E-state index is 0.406. The van der Waals surface area contributed by atoms with Crippen LogP contribution in [0.3, 0.4) is 0 Å². The molecule has 1 N–H and O–H groups in total. The van der Waals surface area contributed by atoms with Crippen molar-refractivity contribution in [1.82, 2.24) is 0 Å². The van der Waals surface area contributed by atoms with Crippen LogP contribution in [-0.4, -0.2) is 11.2 Å². The van der Waals surface area contributed by atoms with Crippen LogP contribution in [0, 0.1) is 10.5 Å². The Kier molecular flexibility index (Phi) is 3.98. The van der Waals surface area contributed by atoms with Gasteiger partial charge in [-0.2, -0.15) is 0 Å². The molecule has 0 aliphatic heterocycles. The van der Waals surface area contributed by atoms with Crippen molar-refractivity contribution >= 4 is 22.6 Å². The zero-order valence-corrected chi connectivity index (χ0v) is 13.5. The van der Waals surface area contributed by atoms with E-state index in [0.29, 0.717) is 6.10 Å². The van der Waals surface area contributed by atoms with Crippen molar-refractivity contribution in [2.24, 2.45) is 0 Å². The third-order valence-electron chi connectivity index (χ3n) is 3.54. The lowest BCUT2D eigenvalue weighted by Crippen LogP contribution is -2.03. The van der Waals surface area contributed by atoms with Crippen LogP contribution in [0.4, 0.5) is 0 Å². The van der Waals surface area contributed by atoms with Gasteiger partial charge in [-0.25, -0.2) is 0 Å². The molecule has 0 heterocycles. The fourth-order valence-corrected chi connectivity index (χ4v) is 2.82. The van der Waals surface area contributed by atoms with Crippen molar-refractivity contribution in [3.8, 4) is 5.75 Å². The summed E-state index contributed by atoms with van der Waals surface area (Å²) in [4.78, 5) is 0. The van der Waals surface area contributed by atoms with Crippen LogP contribution in [0.5, 0.6) is 5.75 Å².